The van der Waals surface area contributed by atoms with E-state index in [4.69, 9.17) is 9.40 Å². The Balaban J connectivity index is 0.000000188. The van der Waals surface area contributed by atoms with Gasteiger partial charge in [-0.1, -0.05) is 69.7 Å². The van der Waals surface area contributed by atoms with Gasteiger partial charge in [0.05, 0.1) is 36.0 Å². The molecule has 0 unspecified atom stereocenters. The van der Waals surface area contributed by atoms with E-state index in [1.807, 2.05) is 54.6 Å². The molecule has 0 N–H and O–H groups in total. The number of imidazole rings is 1. The molecule has 0 aliphatic carbocycles. The Hall–Kier alpha value is -3.90. The van der Waals surface area contributed by atoms with Gasteiger partial charge >= 0.3 is 0 Å². The standard InChI is InChI=1S/C22H18N3O.C18H24NSi.Ir/c1-13(2)25-17-8-5-4-7-16(17)24-22(25)15-11-10-14(3)19-20-18(26-21(15)19)9-6-12-23-20;1-14(2)11-16-12-17(15-9-7-6-8-10-15)19-13-18(16)20(3,4)5;/h4-10,12-13H,1-3H3;6-9,12-14H,11H2,1-5H3;/q2*-1;. The first-order chi connectivity index (χ1) is 22.0. The van der Waals surface area contributed by atoms with Crippen LogP contribution in [0.3, 0.4) is 0 Å². The van der Waals surface area contributed by atoms with Crippen LogP contribution in [-0.2, 0) is 26.5 Å². The third kappa shape index (κ3) is 7.03. The number of para-hydroxylation sites is 2. The van der Waals surface area contributed by atoms with Gasteiger partial charge in [0.25, 0.3) is 0 Å². The third-order valence-corrected chi connectivity index (χ3v) is 10.3. The molecule has 4 heterocycles. The predicted octanol–water partition coefficient (Wildman–Crippen LogP) is 9.98. The van der Waals surface area contributed by atoms with Crippen molar-refractivity contribution in [2.45, 2.75) is 66.7 Å². The summed E-state index contributed by atoms with van der Waals surface area (Å²) in [6.45, 7) is 18.1. The molecule has 0 saturated carbocycles. The van der Waals surface area contributed by atoms with Crippen LogP contribution in [-0.4, -0.2) is 27.6 Å². The number of benzene rings is 3. The smallest absolute Gasteiger partial charge is 0.139 e. The molecule has 47 heavy (non-hydrogen) atoms. The summed E-state index contributed by atoms with van der Waals surface area (Å²) in [5.41, 5.74) is 10.2. The van der Waals surface area contributed by atoms with E-state index in [1.54, 1.807) is 6.20 Å². The summed E-state index contributed by atoms with van der Waals surface area (Å²) in [5.74, 6) is 1.55. The molecule has 243 valence electrons. The first kappa shape index (κ1) is 34.4. The molecule has 0 spiro atoms. The minimum atomic E-state index is -1.34. The van der Waals surface area contributed by atoms with Gasteiger partial charge in [-0.25, -0.2) is 0 Å². The number of nitrogens with zero attached hydrogens (tertiary/aromatic N) is 4. The molecule has 0 aliphatic heterocycles. The molecule has 0 atom stereocenters. The van der Waals surface area contributed by atoms with Gasteiger partial charge < -0.3 is 14.0 Å². The summed E-state index contributed by atoms with van der Waals surface area (Å²) >= 11 is 0. The summed E-state index contributed by atoms with van der Waals surface area (Å²) in [4.78, 5) is 14.1. The molecule has 0 fully saturated rings. The quantitative estimate of drug-likeness (QED) is 0.124. The minimum Gasteiger partial charge on any atom is -0.499 e. The van der Waals surface area contributed by atoms with E-state index in [1.165, 1.54) is 10.8 Å². The van der Waals surface area contributed by atoms with Gasteiger partial charge in [-0.15, -0.1) is 53.6 Å². The van der Waals surface area contributed by atoms with Crippen molar-refractivity contribution >= 4 is 46.4 Å². The Morgan fingerprint density at radius 2 is 1.68 bits per heavy atom. The molecule has 0 amide bonds. The van der Waals surface area contributed by atoms with Crippen LogP contribution in [0.2, 0.25) is 19.6 Å². The van der Waals surface area contributed by atoms with Gasteiger partial charge in [-0.05, 0) is 66.7 Å². The van der Waals surface area contributed by atoms with E-state index in [-0.39, 0.29) is 26.1 Å². The molecule has 5 nitrogen and oxygen atoms in total. The monoisotopic (exact) mass is 815 g/mol. The van der Waals surface area contributed by atoms with Gasteiger partial charge in [0.15, 0.2) is 0 Å². The first-order valence-electron chi connectivity index (χ1n) is 16.1. The Morgan fingerprint density at radius 1 is 0.915 bits per heavy atom. The maximum atomic E-state index is 6.20. The van der Waals surface area contributed by atoms with E-state index in [2.05, 4.69) is 105 Å². The maximum Gasteiger partial charge on any atom is 0.139 e. The Bertz CT molecular complexity index is 2140. The number of aromatic nitrogens is 4. The topological polar surface area (TPSA) is 56.7 Å². The average Bonchev–Trinajstić information content (AvgIpc) is 3.61. The van der Waals surface area contributed by atoms with Gasteiger partial charge in [0.2, 0.25) is 0 Å². The van der Waals surface area contributed by atoms with E-state index in [0.29, 0.717) is 5.92 Å². The van der Waals surface area contributed by atoms with Gasteiger partial charge in [-0.3, -0.25) is 9.97 Å². The van der Waals surface area contributed by atoms with Crippen molar-refractivity contribution in [2.75, 3.05) is 0 Å². The van der Waals surface area contributed by atoms with Crippen molar-refractivity contribution in [3.8, 4) is 22.6 Å². The fourth-order valence-electron chi connectivity index (χ4n) is 6.18. The Labute approximate surface area is 292 Å². The Kier molecular flexibility index (Phi) is 10.3. The summed E-state index contributed by atoms with van der Waals surface area (Å²) in [5, 5.41) is 2.53. The zero-order valence-corrected chi connectivity index (χ0v) is 31.9. The fourth-order valence-corrected chi connectivity index (χ4v) is 7.77. The van der Waals surface area contributed by atoms with Crippen molar-refractivity contribution in [3.63, 3.8) is 0 Å². The van der Waals surface area contributed by atoms with Crippen LogP contribution in [0, 0.1) is 25.0 Å². The first-order valence-corrected chi connectivity index (χ1v) is 19.6. The zero-order chi connectivity index (χ0) is 32.6. The number of hydrogen-bond donors (Lipinski definition) is 0. The molecule has 7 heteroatoms. The van der Waals surface area contributed by atoms with Crippen molar-refractivity contribution in [1.82, 2.24) is 19.5 Å². The molecular formula is C40H42IrN4OSi-2. The van der Waals surface area contributed by atoms with E-state index in [0.717, 1.165) is 67.7 Å². The van der Waals surface area contributed by atoms with Crippen LogP contribution in [0.4, 0.5) is 0 Å². The predicted molar refractivity (Wildman–Crippen MR) is 194 cm³/mol. The second-order valence-electron chi connectivity index (χ2n) is 13.7. The zero-order valence-electron chi connectivity index (χ0n) is 28.5. The van der Waals surface area contributed by atoms with Crippen molar-refractivity contribution in [1.29, 1.82) is 0 Å². The van der Waals surface area contributed by atoms with Gasteiger partial charge in [0.1, 0.15) is 5.58 Å². The number of furan rings is 1. The number of pyridine rings is 2. The number of aryl methyl sites for hydroxylation is 1. The van der Waals surface area contributed by atoms with Crippen LogP contribution in [0.5, 0.6) is 0 Å². The normalized spacial score (nSPS) is 11.7. The third-order valence-electron chi connectivity index (χ3n) is 8.25. The molecule has 1 radical (unpaired) electrons. The molecular weight excluding hydrogens is 773 g/mol. The molecule has 7 rings (SSSR count). The number of rotatable bonds is 6. The van der Waals surface area contributed by atoms with Crippen molar-refractivity contribution in [3.05, 3.63) is 108 Å². The Morgan fingerprint density at radius 3 is 2.38 bits per heavy atom. The number of fused-ring (bicyclic) bond motifs is 4. The SMILES string of the molecule is CC(C)Cc1cc(-c2[c-]cccc2)ncc1[Si](C)(C)C.Cc1c[c-]c(-c2nc3ccccc3n2C(C)C)c2oc3cccnc3c12.[Ir]. The van der Waals surface area contributed by atoms with E-state index < -0.39 is 8.07 Å². The van der Waals surface area contributed by atoms with E-state index >= 15 is 0 Å². The summed E-state index contributed by atoms with van der Waals surface area (Å²) in [6, 6.07) is 31.4. The summed E-state index contributed by atoms with van der Waals surface area (Å²) < 4.78 is 8.45. The molecule has 3 aromatic carbocycles. The molecule has 7 aromatic rings. The molecule has 0 aliphatic rings. The van der Waals surface area contributed by atoms with Crippen LogP contribution in [0.15, 0.2) is 89.6 Å². The average molecular weight is 815 g/mol. The molecule has 0 bridgehead atoms. The van der Waals surface area contributed by atoms with Gasteiger partial charge in [0, 0.05) is 38.5 Å². The molecule has 4 aromatic heterocycles. The van der Waals surface area contributed by atoms with Crippen LogP contribution in [0.25, 0.3) is 55.7 Å². The second-order valence-corrected chi connectivity index (χ2v) is 18.8. The van der Waals surface area contributed by atoms with Crippen molar-refractivity contribution in [2.24, 2.45) is 5.92 Å². The van der Waals surface area contributed by atoms with Crippen LogP contribution in [0.1, 0.15) is 44.9 Å². The van der Waals surface area contributed by atoms with Crippen LogP contribution < -0.4 is 5.19 Å². The van der Waals surface area contributed by atoms with Crippen LogP contribution >= 0.6 is 0 Å². The maximum absolute atomic E-state index is 6.20. The van der Waals surface area contributed by atoms with Gasteiger partial charge in [-0.2, -0.15) is 0 Å². The number of hydrogen-bond acceptors (Lipinski definition) is 4. The summed E-state index contributed by atoms with van der Waals surface area (Å²) in [7, 11) is -1.34. The molecule has 0 saturated heterocycles. The summed E-state index contributed by atoms with van der Waals surface area (Å²) in [6.07, 6.45) is 5.04. The minimum absolute atomic E-state index is 0. The van der Waals surface area contributed by atoms with Crippen molar-refractivity contribution < 1.29 is 24.5 Å². The second kappa shape index (κ2) is 14.1. The van der Waals surface area contributed by atoms with E-state index in [9.17, 15) is 0 Å². The fraction of sp³-hybridized carbons (Fsp3) is 0.275. The largest absolute Gasteiger partial charge is 0.499 e.